The first-order valence-corrected chi connectivity index (χ1v) is 6.22. The third-order valence-electron chi connectivity index (χ3n) is 3.74. The van der Waals surface area contributed by atoms with Crippen LogP contribution in [0.1, 0.15) is 30.9 Å². The summed E-state index contributed by atoms with van der Waals surface area (Å²) < 4.78 is 0. The van der Waals surface area contributed by atoms with E-state index in [9.17, 15) is 4.79 Å². The van der Waals surface area contributed by atoms with Crippen molar-refractivity contribution in [3.8, 4) is 0 Å². The maximum atomic E-state index is 12.1. The van der Waals surface area contributed by atoms with Gasteiger partial charge in [0.1, 0.15) is 0 Å². The third kappa shape index (κ3) is 1.82. The molecule has 1 aromatic heterocycles. The Morgan fingerprint density at radius 3 is 2.88 bits per heavy atom. The molecule has 2 atom stereocenters. The Hall–Kier alpha value is -1.42. The third-order valence-corrected chi connectivity index (χ3v) is 3.74. The van der Waals surface area contributed by atoms with Gasteiger partial charge in [0.25, 0.3) is 0 Å². The first-order valence-electron chi connectivity index (χ1n) is 6.22. The monoisotopic (exact) mass is 231 g/mol. The van der Waals surface area contributed by atoms with E-state index in [1.54, 1.807) is 6.20 Å². The zero-order valence-corrected chi connectivity index (χ0v) is 9.75. The molecule has 2 heterocycles. The van der Waals surface area contributed by atoms with Crippen molar-refractivity contribution in [1.82, 2.24) is 9.88 Å². The van der Waals surface area contributed by atoms with Gasteiger partial charge in [0.2, 0.25) is 5.91 Å². The number of pyridine rings is 1. The number of aromatic nitrogens is 1. The zero-order chi connectivity index (χ0) is 11.8. The number of hydrogen-bond acceptors (Lipinski definition) is 3. The summed E-state index contributed by atoms with van der Waals surface area (Å²) >= 11 is 0. The molecule has 17 heavy (non-hydrogen) atoms. The molecule has 2 N–H and O–H groups in total. The van der Waals surface area contributed by atoms with Crippen molar-refractivity contribution in [1.29, 1.82) is 0 Å². The number of carbonyl (C=O) groups is 1. The predicted octanol–water partition coefficient (Wildman–Crippen LogP) is 1.09. The number of nitrogens with two attached hydrogens (primary N) is 1. The lowest BCUT2D eigenvalue weighted by molar-refractivity contribution is -0.129. The quantitative estimate of drug-likeness (QED) is 0.847. The molecule has 1 amide bonds. The summed E-state index contributed by atoms with van der Waals surface area (Å²) in [6, 6.07) is 4.57. The molecular formula is C13H17N3O. The number of likely N-dealkylation sites (tertiary alicyclic amines) is 1. The Bertz CT molecular complexity index is 416. The van der Waals surface area contributed by atoms with Gasteiger partial charge in [0, 0.05) is 30.8 Å². The van der Waals surface area contributed by atoms with Crippen LogP contribution in [-0.4, -0.2) is 28.4 Å². The summed E-state index contributed by atoms with van der Waals surface area (Å²) in [5.41, 5.74) is 6.93. The highest BCUT2D eigenvalue weighted by molar-refractivity contribution is 5.80. The molecule has 0 bridgehead atoms. The molecule has 1 saturated carbocycles. The molecule has 0 spiro atoms. The van der Waals surface area contributed by atoms with Gasteiger partial charge in [-0.05, 0) is 31.0 Å². The van der Waals surface area contributed by atoms with Crippen LogP contribution in [-0.2, 0) is 4.79 Å². The van der Waals surface area contributed by atoms with Crippen LogP contribution in [0, 0.1) is 5.92 Å². The van der Waals surface area contributed by atoms with Crippen molar-refractivity contribution >= 4 is 5.91 Å². The molecule has 2 fully saturated rings. The highest BCUT2D eigenvalue weighted by Gasteiger charge is 2.46. The van der Waals surface area contributed by atoms with Crippen LogP contribution in [0.5, 0.6) is 0 Å². The van der Waals surface area contributed by atoms with E-state index in [-0.39, 0.29) is 17.9 Å². The molecule has 4 heteroatoms. The van der Waals surface area contributed by atoms with Gasteiger partial charge < -0.3 is 10.6 Å². The average Bonchev–Trinajstić information content (AvgIpc) is 3.14. The Morgan fingerprint density at radius 1 is 1.47 bits per heavy atom. The van der Waals surface area contributed by atoms with Gasteiger partial charge in [-0.15, -0.1) is 0 Å². The number of hydrogen-bond donors (Lipinski definition) is 1. The molecular weight excluding hydrogens is 214 g/mol. The van der Waals surface area contributed by atoms with Crippen LogP contribution in [0.2, 0.25) is 0 Å². The standard InChI is InChI=1S/C13H17N3O/c14-7-10-6-12(17)16(11-3-4-11)13(10)9-2-1-5-15-8-9/h1-2,5,8,10-11,13H,3-4,6-7,14H2/t10-,13+/m1/s1. The minimum absolute atomic E-state index is 0.147. The summed E-state index contributed by atoms with van der Waals surface area (Å²) in [7, 11) is 0. The Balaban J connectivity index is 1.94. The molecule has 1 aliphatic carbocycles. The van der Waals surface area contributed by atoms with E-state index in [0.29, 0.717) is 19.0 Å². The van der Waals surface area contributed by atoms with Crippen LogP contribution in [0.15, 0.2) is 24.5 Å². The molecule has 3 rings (SSSR count). The fourth-order valence-corrected chi connectivity index (χ4v) is 2.80. The summed E-state index contributed by atoms with van der Waals surface area (Å²) in [6.45, 7) is 0.564. The van der Waals surface area contributed by atoms with Gasteiger partial charge in [-0.25, -0.2) is 0 Å². The minimum atomic E-state index is 0.147. The van der Waals surface area contributed by atoms with E-state index in [4.69, 9.17) is 5.73 Å². The van der Waals surface area contributed by atoms with E-state index in [2.05, 4.69) is 9.88 Å². The van der Waals surface area contributed by atoms with E-state index >= 15 is 0 Å². The van der Waals surface area contributed by atoms with Crippen molar-refractivity contribution < 1.29 is 4.79 Å². The molecule has 0 unspecified atom stereocenters. The van der Waals surface area contributed by atoms with Crippen LogP contribution < -0.4 is 5.73 Å². The molecule has 4 nitrogen and oxygen atoms in total. The second-order valence-electron chi connectivity index (χ2n) is 4.96. The molecule has 1 aliphatic heterocycles. The fourth-order valence-electron chi connectivity index (χ4n) is 2.80. The predicted molar refractivity (Wildman–Crippen MR) is 64.0 cm³/mol. The highest BCUT2D eigenvalue weighted by Crippen LogP contribution is 2.44. The van der Waals surface area contributed by atoms with Gasteiger partial charge >= 0.3 is 0 Å². The fraction of sp³-hybridized carbons (Fsp3) is 0.538. The Labute approximate surface area is 101 Å². The van der Waals surface area contributed by atoms with Gasteiger partial charge in [-0.2, -0.15) is 0 Å². The lowest BCUT2D eigenvalue weighted by Crippen LogP contribution is -2.32. The van der Waals surface area contributed by atoms with E-state index in [1.807, 2.05) is 18.3 Å². The van der Waals surface area contributed by atoms with Crippen molar-refractivity contribution in [2.24, 2.45) is 11.7 Å². The topological polar surface area (TPSA) is 59.2 Å². The largest absolute Gasteiger partial charge is 0.332 e. The lowest BCUT2D eigenvalue weighted by Gasteiger charge is -2.28. The molecule has 1 aromatic rings. The van der Waals surface area contributed by atoms with Gasteiger partial charge in [0.05, 0.1) is 6.04 Å². The summed E-state index contributed by atoms with van der Waals surface area (Å²) in [5, 5.41) is 0. The van der Waals surface area contributed by atoms with Crippen LogP contribution in [0.3, 0.4) is 0 Å². The van der Waals surface area contributed by atoms with Gasteiger partial charge in [-0.1, -0.05) is 6.07 Å². The van der Waals surface area contributed by atoms with Crippen molar-refractivity contribution in [3.63, 3.8) is 0 Å². The molecule has 0 aromatic carbocycles. The van der Waals surface area contributed by atoms with E-state index in [1.165, 1.54) is 0 Å². The first-order chi connectivity index (χ1) is 8.31. The van der Waals surface area contributed by atoms with Crippen molar-refractivity contribution in [3.05, 3.63) is 30.1 Å². The summed E-state index contributed by atoms with van der Waals surface area (Å²) in [6.07, 6.45) is 6.49. The normalized spacial score (nSPS) is 28.8. The van der Waals surface area contributed by atoms with E-state index in [0.717, 1.165) is 18.4 Å². The van der Waals surface area contributed by atoms with Crippen LogP contribution in [0.4, 0.5) is 0 Å². The number of nitrogens with zero attached hydrogens (tertiary/aromatic N) is 2. The summed E-state index contributed by atoms with van der Waals surface area (Å²) in [5.74, 6) is 0.504. The minimum Gasteiger partial charge on any atom is -0.332 e. The zero-order valence-electron chi connectivity index (χ0n) is 9.75. The molecule has 90 valence electrons. The number of carbonyl (C=O) groups excluding carboxylic acids is 1. The van der Waals surface area contributed by atoms with Gasteiger partial charge in [0.15, 0.2) is 0 Å². The van der Waals surface area contributed by atoms with Crippen molar-refractivity contribution in [2.75, 3.05) is 6.54 Å². The Morgan fingerprint density at radius 2 is 2.29 bits per heavy atom. The molecule has 2 aliphatic rings. The van der Waals surface area contributed by atoms with Gasteiger partial charge in [-0.3, -0.25) is 9.78 Å². The summed E-state index contributed by atoms with van der Waals surface area (Å²) in [4.78, 5) is 18.3. The maximum absolute atomic E-state index is 12.1. The second-order valence-corrected chi connectivity index (χ2v) is 4.96. The molecule has 1 saturated heterocycles. The lowest BCUT2D eigenvalue weighted by atomic mass is 9.95. The number of rotatable bonds is 3. The van der Waals surface area contributed by atoms with Crippen molar-refractivity contribution in [2.45, 2.75) is 31.3 Å². The Kier molecular flexibility index (Phi) is 2.59. The second kappa shape index (κ2) is 4.11. The smallest absolute Gasteiger partial charge is 0.223 e. The maximum Gasteiger partial charge on any atom is 0.223 e. The first kappa shape index (κ1) is 10.7. The highest BCUT2D eigenvalue weighted by atomic mass is 16.2. The number of amides is 1. The molecule has 0 radical (unpaired) electrons. The SMILES string of the molecule is NC[C@H]1CC(=O)N(C2CC2)[C@H]1c1cccnc1. The van der Waals surface area contributed by atoms with E-state index < -0.39 is 0 Å². The van der Waals surface area contributed by atoms with Crippen LogP contribution >= 0.6 is 0 Å². The van der Waals surface area contributed by atoms with Crippen LogP contribution in [0.25, 0.3) is 0 Å². The average molecular weight is 231 g/mol.